The Morgan fingerprint density at radius 3 is 2.71 bits per heavy atom. The highest BCUT2D eigenvalue weighted by Gasteiger charge is 2.18. The zero-order chi connectivity index (χ0) is 17.9. The van der Waals surface area contributed by atoms with Gasteiger partial charge in [-0.1, -0.05) is 0 Å². The molecule has 8 nitrogen and oxygen atoms in total. The van der Waals surface area contributed by atoms with Crippen LogP contribution in [0.5, 0.6) is 0 Å². The highest BCUT2D eigenvalue weighted by molar-refractivity contribution is 9.10. The molecular formula is C14H13BrFN5O3. The van der Waals surface area contributed by atoms with Crippen LogP contribution in [0.1, 0.15) is 26.4 Å². The Morgan fingerprint density at radius 1 is 1.33 bits per heavy atom. The Kier molecular flexibility index (Phi) is 5.29. The predicted octanol–water partition coefficient (Wildman–Crippen LogP) is 1.09. The first-order valence-corrected chi connectivity index (χ1v) is 7.45. The second-order valence-electron chi connectivity index (χ2n) is 4.84. The average Bonchev–Trinajstić information content (AvgIpc) is 2.96. The molecule has 0 bridgehead atoms. The second kappa shape index (κ2) is 7.21. The molecule has 126 valence electrons. The van der Waals surface area contributed by atoms with Gasteiger partial charge in [-0.05, 0) is 40.5 Å². The van der Waals surface area contributed by atoms with Crippen LogP contribution in [0.15, 0.2) is 22.8 Å². The number of halogens is 2. The summed E-state index contributed by atoms with van der Waals surface area (Å²) < 4.78 is 13.6. The van der Waals surface area contributed by atoms with Crippen molar-refractivity contribution >= 4 is 39.3 Å². The van der Waals surface area contributed by atoms with Crippen LogP contribution < -0.4 is 16.4 Å². The molecule has 1 aromatic heterocycles. The van der Waals surface area contributed by atoms with E-state index in [-0.39, 0.29) is 28.0 Å². The summed E-state index contributed by atoms with van der Waals surface area (Å²) in [6.07, 6.45) is 1.24. The molecule has 2 rings (SSSR count). The van der Waals surface area contributed by atoms with Crippen LogP contribution in [0.3, 0.4) is 0 Å². The zero-order valence-electron chi connectivity index (χ0n) is 12.4. The lowest BCUT2D eigenvalue weighted by atomic mass is 10.1. The number of benzene rings is 1. The number of aromatic amines is 1. The van der Waals surface area contributed by atoms with E-state index in [0.29, 0.717) is 5.56 Å². The number of rotatable bonds is 5. The van der Waals surface area contributed by atoms with Gasteiger partial charge in [0.15, 0.2) is 0 Å². The van der Waals surface area contributed by atoms with Gasteiger partial charge in [-0.3, -0.25) is 19.5 Å². The summed E-state index contributed by atoms with van der Waals surface area (Å²) in [5.74, 6) is -2.39. The van der Waals surface area contributed by atoms with Crippen LogP contribution >= 0.6 is 15.9 Å². The zero-order valence-corrected chi connectivity index (χ0v) is 14.0. The van der Waals surface area contributed by atoms with Crippen molar-refractivity contribution in [3.8, 4) is 0 Å². The van der Waals surface area contributed by atoms with E-state index in [1.54, 1.807) is 6.92 Å². The molecule has 3 amide bonds. The van der Waals surface area contributed by atoms with E-state index in [2.05, 4.69) is 36.8 Å². The molecule has 2 aromatic rings. The molecule has 0 aliphatic heterocycles. The largest absolute Gasteiger partial charge is 0.368 e. The summed E-state index contributed by atoms with van der Waals surface area (Å²) in [6.45, 7) is 1.23. The quantitative estimate of drug-likeness (QED) is 0.601. The van der Waals surface area contributed by atoms with E-state index in [0.717, 1.165) is 0 Å². The van der Waals surface area contributed by atoms with Crippen molar-refractivity contribution in [2.75, 3.05) is 11.9 Å². The molecule has 10 heteroatoms. The number of H-pyrrole nitrogens is 1. The Labute approximate surface area is 144 Å². The fourth-order valence-corrected chi connectivity index (χ4v) is 2.23. The fraction of sp³-hybridized carbons (Fsp3) is 0.143. The lowest BCUT2D eigenvalue weighted by molar-refractivity contribution is -0.117. The van der Waals surface area contributed by atoms with E-state index in [1.807, 2.05) is 0 Å². The van der Waals surface area contributed by atoms with E-state index in [9.17, 15) is 18.8 Å². The highest BCUT2D eigenvalue weighted by Crippen LogP contribution is 2.22. The van der Waals surface area contributed by atoms with Gasteiger partial charge in [0.2, 0.25) is 5.91 Å². The number of nitrogens with zero attached hydrogens (tertiary/aromatic N) is 1. The predicted molar refractivity (Wildman–Crippen MR) is 86.9 cm³/mol. The summed E-state index contributed by atoms with van der Waals surface area (Å²) in [5.41, 5.74) is 5.68. The van der Waals surface area contributed by atoms with Gasteiger partial charge < -0.3 is 16.4 Å². The molecule has 0 spiro atoms. The van der Waals surface area contributed by atoms with E-state index in [4.69, 9.17) is 5.73 Å². The third-order valence-electron chi connectivity index (χ3n) is 3.05. The molecule has 24 heavy (non-hydrogen) atoms. The fourth-order valence-electron chi connectivity index (χ4n) is 1.89. The minimum Gasteiger partial charge on any atom is -0.368 e. The first kappa shape index (κ1) is 17.6. The molecule has 0 fully saturated rings. The summed E-state index contributed by atoms with van der Waals surface area (Å²) >= 11 is 3.02. The van der Waals surface area contributed by atoms with Crippen LogP contribution in [-0.2, 0) is 4.79 Å². The van der Waals surface area contributed by atoms with Crippen molar-refractivity contribution in [3.05, 3.63) is 45.4 Å². The summed E-state index contributed by atoms with van der Waals surface area (Å²) in [5, 5.41) is 10.9. The molecule has 0 atom stereocenters. The Hall–Kier alpha value is -2.75. The number of carbonyl (C=O) groups excluding carboxylic acids is 3. The molecule has 1 aromatic carbocycles. The lowest BCUT2D eigenvalue weighted by Crippen LogP contribution is -2.34. The van der Waals surface area contributed by atoms with Crippen molar-refractivity contribution in [1.82, 2.24) is 15.5 Å². The maximum absolute atomic E-state index is 13.4. The van der Waals surface area contributed by atoms with Gasteiger partial charge in [0.1, 0.15) is 11.5 Å². The van der Waals surface area contributed by atoms with E-state index >= 15 is 0 Å². The average molecular weight is 398 g/mol. The van der Waals surface area contributed by atoms with E-state index < -0.39 is 23.5 Å². The summed E-state index contributed by atoms with van der Waals surface area (Å²) in [6, 6.07) is 2.56. The standard InChI is InChI=1S/C14H13BrFN5O3/c1-6-2-9(16)8(15)3-7(6)13(23)20-10-4-19-21-12(10)14(24)18-5-11(17)22/h2-4H,5H2,1H3,(H2,17,22)(H,18,24)(H,19,21)(H,20,23). The number of nitrogens with two attached hydrogens (primary N) is 1. The van der Waals surface area contributed by atoms with Crippen LogP contribution in [-0.4, -0.2) is 34.5 Å². The van der Waals surface area contributed by atoms with Crippen LogP contribution in [0, 0.1) is 12.7 Å². The molecule has 0 unspecified atom stereocenters. The number of nitrogens with one attached hydrogen (secondary N) is 3. The first-order chi connectivity index (χ1) is 11.3. The SMILES string of the molecule is Cc1cc(F)c(Br)cc1C(=O)Nc1cn[nH]c1C(=O)NCC(N)=O. The number of hydrogen-bond donors (Lipinski definition) is 4. The smallest absolute Gasteiger partial charge is 0.271 e. The van der Waals surface area contributed by atoms with Gasteiger partial charge in [0.05, 0.1) is 22.9 Å². The molecule has 0 saturated carbocycles. The Bertz CT molecular complexity index is 821. The van der Waals surface area contributed by atoms with Crippen molar-refractivity contribution in [2.24, 2.45) is 5.73 Å². The monoisotopic (exact) mass is 397 g/mol. The van der Waals surface area contributed by atoms with Gasteiger partial charge >= 0.3 is 0 Å². The second-order valence-corrected chi connectivity index (χ2v) is 5.70. The van der Waals surface area contributed by atoms with Crippen molar-refractivity contribution in [2.45, 2.75) is 6.92 Å². The van der Waals surface area contributed by atoms with Crippen molar-refractivity contribution in [3.63, 3.8) is 0 Å². The molecular weight excluding hydrogens is 385 g/mol. The summed E-state index contributed by atoms with van der Waals surface area (Å²) in [4.78, 5) is 34.9. The topological polar surface area (TPSA) is 130 Å². The maximum atomic E-state index is 13.4. The Balaban J connectivity index is 2.19. The number of aryl methyl sites for hydroxylation is 1. The number of aromatic nitrogens is 2. The molecule has 5 N–H and O–H groups in total. The third-order valence-corrected chi connectivity index (χ3v) is 3.66. The highest BCUT2D eigenvalue weighted by atomic mass is 79.9. The van der Waals surface area contributed by atoms with Gasteiger partial charge in [-0.25, -0.2) is 4.39 Å². The van der Waals surface area contributed by atoms with Gasteiger partial charge in [-0.15, -0.1) is 0 Å². The van der Waals surface area contributed by atoms with E-state index in [1.165, 1.54) is 18.3 Å². The number of primary amides is 1. The van der Waals surface area contributed by atoms with Gasteiger partial charge in [0, 0.05) is 5.56 Å². The number of amides is 3. The van der Waals surface area contributed by atoms with Gasteiger partial charge in [0.25, 0.3) is 11.8 Å². The minimum atomic E-state index is -0.708. The third kappa shape index (κ3) is 3.96. The maximum Gasteiger partial charge on any atom is 0.271 e. The number of hydrogen-bond acceptors (Lipinski definition) is 4. The molecule has 0 aliphatic rings. The Morgan fingerprint density at radius 2 is 2.04 bits per heavy atom. The number of carbonyl (C=O) groups is 3. The van der Waals surface area contributed by atoms with Gasteiger partial charge in [-0.2, -0.15) is 5.10 Å². The molecule has 0 radical (unpaired) electrons. The first-order valence-electron chi connectivity index (χ1n) is 6.66. The minimum absolute atomic E-state index is 0.0385. The van der Waals surface area contributed by atoms with Crippen LogP contribution in [0.2, 0.25) is 0 Å². The molecule has 0 aliphatic carbocycles. The normalized spacial score (nSPS) is 10.3. The van der Waals surface area contributed by atoms with Crippen LogP contribution in [0.25, 0.3) is 0 Å². The lowest BCUT2D eigenvalue weighted by Gasteiger charge is -2.09. The van der Waals surface area contributed by atoms with Crippen LogP contribution in [0.4, 0.5) is 10.1 Å². The molecule has 1 heterocycles. The number of anilines is 1. The molecule has 0 saturated heterocycles. The van der Waals surface area contributed by atoms with Crippen molar-refractivity contribution < 1.29 is 18.8 Å². The summed E-state index contributed by atoms with van der Waals surface area (Å²) in [7, 11) is 0. The van der Waals surface area contributed by atoms with Crippen molar-refractivity contribution in [1.29, 1.82) is 0 Å².